The fourth-order valence-corrected chi connectivity index (χ4v) is 3.98. The van der Waals surface area contributed by atoms with Crippen LogP contribution in [0.3, 0.4) is 0 Å². The van der Waals surface area contributed by atoms with Gasteiger partial charge in [-0.25, -0.2) is 0 Å². The molecule has 0 aromatic heterocycles. The summed E-state index contributed by atoms with van der Waals surface area (Å²) in [6.45, 7) is 2.38. The van der Waals surface area contributed by atoms with Crippen molar-refractivity contribution in [2.45, 2.75) is 63.8 Å². The predicted molar refractivity (Wildman–Crippen MR) is 84.2 cm³/mol. The maximum Gasteiger partial charge on any atom is 0.0490 e. The normalized spacial score (nSPS) is 28.9. The van der Waals surface area contributed by atoms with Crippen LogP contribution >= 0.6 is 0 Å². The van der Waals surface area contributed by atoms with E-state index < -0.39 is 0 Å². The summed E-state index contributed by atoms with van der Waals surface area (Å²) in [6.07, 6.45) is 9.44. The summed E-state index contributed by atoms with van der Waals surface area (Å²) in [7, 11) is 0. The van der Waals surface area contributed by atoms with E-state index in [1.165, 1.54) is 50.5 Å². The first kappa shape index (κ1) is 14.1. The molecule has 0 aliphatic heterocycles. The molecular weight excluding hydrogens is 244 g/mol. The Morgan fingerprint density at radius 2 is 1.75 bits per heavy atom. The molecule has 1 aromatic carbocycles. The Morgan fingerprint density at radius 1 is 1.05 bits per heavy atom. The topological polar surface area (TPSA) is 38.0 Å². The zero-order chi connectivity index (χ0) is 13.9. The number of hydrazine groups is 1. The maximum absolute atomic E-state index is 5.95. The van der Waals surface area contributed by atoms with Gasteiger partial charge in [-0.1, -0.05) is 50.5 Å². The van der Waals surface area contributed by atoms with Gasteiger partial charge in [0.1, 0.15) is 0 Å². The van der Waals surface area contributed by atoms with Gasteiger partial charge in [0, 0.05) is 6.04 Å². The molecule has 0 spiro atoms. The third-order valence-corrected chi connectivity index (χ3v) is 5.59. The minimum absolute atomic E-state index is 0.347. The van der Waals surface area contributed by atoms with Crippen molar-refractivity contribution in [1.82, 2.24) is 5.43 Å². The van der Waals surface area contributed by atoms with Gasteiger partial charge >= 0.3 is 0 Å². The lowest BCUT2D eigenvalue weighted by molar-refractivity contribution is 0.230. The van der Waals surface area contributed by atoms with E-state index in [0.29, 0.717) is 12.0 Å². The fourth-order valence-electron chi connectivity index (χ4n) is 3.98. The van der Waals surface area contributed by atoms with Gasteiger partial charge < -0.3 is 0 Å². The van der Waals surface area contributed by atoms with Crippen molar-refractivity contribution in [2.75, 3.05) is 0 Å². The molecule has 2 nitrogen and oxygen atoms in total. The number of hydrogen-bond acceptors (Lipinski definition) is 2. The quantitative estimate of drug-likeness (QED) is 0.634. The minimum Gasteiger partial charge on any atom is -0.271 e. The first-order chi connectivity index (χ1) is 9.79. The van der Waals surface area contributed by atoms with Crippen molar-refractivity contribution in [3.8, 4) is 0 Å². The number of nitrogens with one attached hydrogen (secondary N) is 1. The molecule has 2 aliphatic carbocycles. The van der Waals surface area contributed by atoms with E-state index in [1.54, 1.807) is 5.56 Å². The van der Waals surface area contributed by atoms with Crippen molar-refractivity contribution in [3.05, 3.63) is 35.4 Å². The maximum atomic E-state index is 5.95. The number of hydrogen-bond donors (Lipinski definition) is 2. The molecule has 0 saturated heterocycles. The Labute approximate surface area is 123 Å². The van der Waals surface area contributed by atoms with Crippen LogP contribution in [0.5, 0.6) is 0 Å². The summed E-state index contributed by atoms with van der Waals surface area (Å²) in [6, 6.07) is 9.34. The van der Waals surface area contributed by atoms with Crippen LogP contribution in [0.1, 0.15) is 75.0 Å². The zero-order valence-electron chi connectivity index (χ0n) is 12.6. The second kappa shape index (κ2) is 6.28. The van der Waals surface area contributed by atoms with E-state index in [9.17, 15) is 0 Å². The molecule has 1 aromatic rings. The average Bonchev–Trinajstić information content (AvgIpc) is 2.41. The lowest BCUT2D eigenvalue weighted by atomic mass is 9.73. The largest absolute Gasteiger partial charge is 0.271 e. The van der Waals surface area contributed by atoms with E-state index in [4.69, 9.17) is 5.84 Å². The minimum atomic E-state index is 0.347. The highest BCUT2D eigenvalue weighted by atomic mass is 15.2. The first-order valence-corrected chi connectivity index (χ1v) is 8.34. The molecule has 2 fully saturated rings. The number of benzene rings is 1. The Morgan fingerprint density at radius 3 is 2.35 bits per heavy atom. The third kappa shape index (κ3) is 2.77. The van der Waals surface area contributed by atoms with Gasteiger partial charge in [0.15, 0.2) is 0 Å². The van der Waals surface area contributed by atoms with E-state index in [0.717, 1.165) is 11.8 Å². The molecule has 20 heavy (non-hydrogen) atoms. The van der Waals surface area contributed by atoms with Gasteiger partial charge in [-0.15, -0.1) is 0 Å². The van der Waals surface area contributed by atoms with Gasteiger partial charge in [0.25, 0.3) is 0 Å². The molecule has 0 amide bonds. The van der Waals surface area contributed by atoms with Crippen LogP contribution in [0.25, 0.3) is 0 Å². The van der Waals surface area contributed by atoms with Crippen molar-refractivity contribution in [3.63, 3.8) is 0 Å². The van der Waals surface area contributed by atoms with E-state index in [2.05, 4.69) is 36.6 Å². The second-order valence-corrected chi connectivity index (χ2v) is 6.92. The summed E-state index contributed by atoms with van der Waals surface area (Å²) in [5, 5.41) is 0. The molecule has 1 unspecified atom stereocenters. The standard InChI is InChI=1S/C18H28N2/c1-13-9-11-15(12-10-13)18(20-19)17-8-3-2-7-16(17)14-5-4-6-14/h2-3,7-8,13-15,18,20H,4-6,9-12,19H2,1H3. The lowest BCUT2D eigenvalue weighted by Crippen LogP contribution is -2.36. The molecular formula is C18H28N2. The fraction of sp³-hybridized carbons (Fsp3) is 0.667. The van der Waals surface area contributed by atoms with Gasteiger partial charge in [0.05, 0.1) is 0 Å². The van der Waals surface area contributed by atoms with E-state index >= 15 is 0 Å². The molecule has 1 atom stereocenters. The van der Waals surface area contributed by atoms with Crippen LogP contribution in [0.4, 0.5) is 0 Å². The number of nitrogens with two attached hydrogens (primary N) is 1. The van der Waals surface area contributed by atoms with Crippen molar-refractivity contribution in [2.24, 2.45) is 17.7 Å². The van der Waals surface area contributed by atoms with Crippen LogP contribution in [-0.2, 0) is 0 Å². The number of rotatable bonds is 4. The summed E-state index contributed by atoms with van der Waals surface area (Å²) >= 11 is 0. The Balaban J connectivity index is 1.81. The smallest absolute Gasteiger partial charge is 0.0490 e. The summed E-state index contributed by atoms with van der Waals surface area (Å²) < 4.78 is 0. The monoisotopic (exact) mass is 272 g/mol. The Kier molecular flexibility index (Phi) is 4.42. The van der Waals surface area contributed by atoms with Crippen LogP contribution in [0.2, 0.25) is 0 Å². The molecule has 2 saturated carbocycles. The Hall–Kier alpha value is -0.860. The van der Waals surface area contributed by atoms with Gasteiger partial charge in [-0.05, 0) is 54.6 Å². The van der Waals surface area contributed by atoms with Gasteiger partial charge in [0.2, 0.25) is 0 Å². The molecule has 3 N–H and O–H groups in total. The van der Waals surface area contributed by atoms with Crippen molar-refractivity contribution >= 4 is 0 Å². The molecule has 0 radical (unpaired) electrons. The third-order valence-electron chi connectivity index (χ3n) is 5.59. The SMILES string of the molecule is CC1CCC(C(NN)c2ccccc2C2CCC2)CC1. The predicted octanol–water partition coefficient (Wildman–Crippen LogP) is 4.28. The highest BCUT2D eigenvalue weighted by Crippen LogP contribution is 2.43. The van der Waals surface area contributed by atoms with Gasteiger partial charge in [-0.2, -0.15) is 0 Å². The summed E-state index contributed by atoms with van der Waals surface area (Å²) in [5.41, 5.74) is 6.17. The molecule has 2 aliphatic rings. The molecule has 3 rings (SSSR count). The van der Waals surface area contributed by atoms with Crippen LogP contribution in [0.15, 0.2) is 24.3 Å². The molecule has 0 bridgehead atoms. The molecule has 2 heteroatoms. The lowest BCUT2D eigenvalue weighted by Gasteiger charge is -2.36. The van der Waals surface area contributed by atoms with Crippen LogP contribution in [0, 0.1) is 11.8 Å². The molecule has 110 valence electrons. The van der Waals surface area contributed by atoms with Crippen LogP contribution < -0.4 is 11.3 Å². The first-order valence-electron chi connectivity index (χ1n) is 8.34. The zero-order valence-corrected chi connectivity index (χ0v) is 12.6. The highest BCUT2D eigenvalue weighted by molar-refractivity contribution is 5.34. The summed E-state index contributed by atoms with van der Waals surface area (Å²) in [4.78, 5) is 0. The van der Waals surface area contributed by atoms with E-state index in [1.807, 2.05) is 0 Å². The highest BCUT2D eigenvalue weighted by Gasteiger charge is 2.30. The second-order valence-electron chi connectivity index (χ2n) is 6.92. The van der Waals surface area contributed by atoms with Crippen molar-refractivity contribution < 1.29 is 0 Å². The van der Waals surface area contributed by atoms with Gasteiger partial charge in [-0.3, -0.25) is 11.3 Å². The van der Waals surface area contributed by atoms with E-state index in [-0.39, 0.29) is 0 Å². The summed E-state index contributed by atoms with van der Waals surface area (Å²) in [5.74, 6) is 8.33. The van der Waals surface area contributed by atoms with Crippen LogP contribution in [-0.4, -0.2) is 0 Å². The van der Waals surface area contributed by atoms with Crippen molar-refractivity contribution in [1.29, 1.82) is 0 Å². The molecule has 0 heterocycles. The average molecular weight is 272 g/mol. The Bertz CT molecular complexity index is 431.